The standard InChI is InChI=1S/C18H14ClNO4/c1-10-13-7-4-8-14(19)16(13)24-15(10)17(21)20-12-6-3-5-11(9-12)18(22)23-2/h3-9H,1-2H3,(H,20,21). The summed E-state index contributed by atoms with van der Waals surface area (Å²) < 4.78 is 10.3. The van der Waals surface area contributed by atoms with Crippen LogP contribution >= 0.6 is 11.6 Å². The summed E-state index contributed by atoms with van der Waals surface area (Å²) in [5, 5.41) is 3.95. The quantitative estimate of drug-likeness (QED) is 0.714. The minimum atomic E-state index is -0.474. The van der Waals surface area contributed by atoms with Crippen molar-refractivity contribution in [2.45, 2.75) is 6.92 Å². The van der Waals surface area contributed by atoms with Gasteiger partial charge in [-0.25, -0.2) is 4.79 Å². The first-order valence-corrected chi connectivity index (χ1v) is 7.56. The Bertz CT molecular complexity index is 945. The number of benzene rings is 2. The van der Waals surface area contributed by atoms with Crippen molar-refractivity contribution in [3.8, 4) is 0 Å². The fourth-order valence-electron chi connectivity index (χ4n) is 2.46. The fraction of sp³-hybridized carbons (Fsp3) is 0.111. The van der Waals surface area contributed by atoms with Crippen LogP contribution in [0.2, 0.25) is 5.02 Å². The Kier molecular flexibility index (Phi) is 4.27. The Morgan fingerprint density at radius 2 is 1.92 bits per heavy atom. The number of rotatable bonds is 3. The van der Waals surface area contributed by atoms with E-state index in [-0.39, 0.29) is 5.76 Å². The zero-order chi connectivity index (χ0) is 17.3. The molecule has 1 amide bonds. The molecule has 1 heterocycles. The topological polar surface area (TPSA) is 68.5 Å². The molecule has 0 bridgehead atoms. The highest BCUT2D eigenvalue weighted by atomic mass is 35.5. The van der Waals surface area contributed by atoms with Crippen LogP contribution in [-0.2, 0) is 4.74 Å². The highest BCUT2D eigenvalue weighted by Gasteiger charge is 2.19. The van der Waals surface area contributed by atoms with Gasteiger partial charge in [0.15, 0.2) is 11.3 Å². The van der Waals surface area contributed by atoms with E-state index in [2.05, 4.69) is 10.1 Å². The number of nitrogens with one attached hydrogen (secondary N) is 1. The summed E-state index contributed by atoms with van der Waals surface area (Å²) >= 11 is 6.10. The third-order valence-corrected chi connectivity index (χ3v) is 3.96. The SMILES string of the molecule is COC(=O)c1cccc(NC(=O)c2oc3c(Cl)cccc3c2C)c1. The average Bonchev–Trinajstić information content (AvgIpc) is 2.93. The predicted octanol–water partition coefficient (Wildman–Crippen LogP) is 4.43. The van der Waals surface area contributed by atoms with Gasteiger partial charge in [-0.05, 0) is 31.2 Å². The van der Waals surface area contributed by atoms with Crippen molar-refractivity contribution in [1.82, 2.24) is 0 Å². The molecule has 122 valence electrons. The van der Waals surface area contributed by atoms with Crippen molar-refractivity contribution in [1.29, 1.82) is 0 Å². The number of amides is 1. The van der Waals surface area contributed by atoms with Crippen molar-refractivity contribution in [3.63, 3.8) is 0 Å². The van der Waals surface area contributed by atoms with Crippen LogP contribution in [0.4, 0.5) is 5.69 Å². The Hall–Kier alpha value is -2.79. The van der Waals surface area contributed by atoms with E-state index in [4.69, 9.17) is 16.0 Å². The molecule has 24 heavy (non-hydrogen) atoms. The van der Waals surface area contributed by atoms with Crippen LogP contribution in [0.5, 0.6) is 0 Å². The van der Waals surface area contributed by atoms with Crippen molar-refractivity contribution in [3.05, 3.63) is 64.4 Å². The molecule has 0 aliphatic rings. The number of hydrogen-bond donors (Lipinski definition) is 1. The molecule has 0 aliphatic heterocycles. The van der Waals surface area contributed by atoms with Crippen molar-refractivity contribution in [2.75, 3.05) is 12.4 Å². The summed E-state index contributed by atoms with van der Waals surface area (Å²) in [5.74, 6) is -0.707. The zero-order valence-electron chi connectivity index (χ0n) is 13.1. The molecular weight excluding hydrogens is 330 g/mol. The zero-order valence-corrected chi connectivity index (χ0v) is 13.8. The summed E-state index contributed by atoms with van der Waals surface area (Å²) in [6.45, 7) is 1.79. The maximum atomic E-state index is 12.5. The fourth-order valence-corrected chi connectivity index (χ4v) is 2.67. The number of hydrogen-bond acceptors (Lipinski definition) is 4. The number of halogens is 1. The van der Waals surface area contributed by atoms with Gasteiger partial charge in [0.05, 0.1) is 17.7 Å². The Morgan fingerprint density at radius 3 is 2.62 bits per heavy atom. The number of anilines is 1. The van der Waals surface area contributed by atoms with Gasteiger partial charge < -0.3 is 14.5 Å². The number of para-hydroxylation sites is 1. The Balaban J connectivity index is 1.92. The number of ether oxygens (including phenoxy) is 1. The molecule has 0 atom stereocenters. The van der Waals surface area contributed by atoms with Crippen LogP contribution in [0.3, 0.4) is 0 Å². The third-order valence-electron chi connectivity index (χ3n) is 3.66. The molecule has 5 nitrogen and oxygen atoms in total. The molecule has 0 saturated heterocycles. The number of fused-ring (bicyclic) bond motifs is 1. The Morgan fingerprint density at radius 1 is 1.17 bits per heavy atom. The average molecular weight is 344 g/mol. The number of carbonyl (C=O) groups is 2. The Labute approximate surface area is 143 Å². The van der Waals surface area contributed by atoms with Crippen LogP contribution in [-0.4, -0.2) is 19.0 Å². The van der Waals surface area contributed by atoms with Gasteiger partial charge in [0.1, 0.15) is 0 Å². The van der Waals surface area contributed by atoms with E-state index in [0.29, 0.717) is 27.4 Å². The summed E-state index contributed by atoms with van der Waals surface area (Å²) in [4.78, 5) is 24.1. The number of esters is 1. The van der Waals surface area contributed by atoms with Crippen molar-refractivity contribution >= 4 is 40.1 Å². The van der Waals surface area contributed by atoms with Gasteiger partial charge in [-0.3, -0.25) is 4.79 Å². The van der Waals surface area contributed by atoms with E-state index < -0.39 is 11.9 Å². The lowest BCUT2D eigenvalue weighted by Crippen LogP contribution is -2.12. The molecule has 1 aromatic heterocycles. The van der Waals surface area contributed by atoms with Crippen molar-refractivity contribution in [2.24, 2.45) is 0 Å². The summed E-state index contributed by atoms with van der Waals surface area (Å²) in [6.07, 6.45) is 0. The van der Waals surface area contributed by atoms with Crippen LogP contribution in [0.25, 0.3) is 11.0 Å². The van der Waals surface area contributed by atoms with Crippen molar-refractivity contribution < 1.29 is 18.7 Å². The van der Waals surface area contributed by atoms with Gasteiger partial charge >= 0.3 is 5.97 Å². The molecule has 0 fully saturated rings. The molecule has 3 aromatic rings. The maximum absolute atomic E-state index is 12.5. The predicted molar refractivity (Wildman–Crippen MR) is 91.7 cm³/mol. The second-order valence-electron chi connectivity index (χ2n) is 5.20. The molecule has 0 radical (unpaired) electrons. The lowest BCUT2D eigenvalue weighted by Gasteiger charge is -2.05. The first-order chi connectivity index (χ1) is 11.5. The molecule has 0 spiro atoms. The molecule has 1 N–H and O–H groups in total. The first kappa shape index (κ1) is 16.1. The second kappa shape index (κ2) is 6.37. The smallest absolute Gasteiger partial charge is 0.337 e. The molecule has 3 rings (SSSR count). The number of methoxy groups -OCH3 is 1. The van der Waals surface area contributed by atoms with E-state index in [1.165, 1.54) is 13.2 Å². The van der Waals surface area contributed by atoms with Gasteiger partial charge in [0.2, 0.25) is 0 Å². The number of aryl methyl sites for hydroxylation is 1. The highest BCUT2D eigenvalue weighted by Crippen LogP contribution is 2.31. The third kappa shape index (κ3) is 2.86. The van der Waals surface area contributed by atoms with Crippen LogP contribution in [0, 0.1) is 6.92 Å². The minimum absolute atomic E-state index is 0.182. The molecular formula is C18H14ClNO4. The van der Waals surface area contributed by atoms with Crippen LogP contribution < -0.4 is 5.32 Å². The number of carbonyl (C=O) groups excluding carboxylic acids is 2. The van der Waals surface area contributed by atoms with E-state index in [0.717, 1.165) is 5.39 Å². The lowest BCUT2D eigenvalue weighted by molar-refractivity contribution is 0.0600. The maximum Gasteiger partial charge on any atom is 0.337 e. The van der Waals surface area contributed by atoms with Gasteiger partial charge in [0.25, 0.3) is 5.91 Å². The molecule has 6 heteroatoms. The van der Waals surface area contributed by atoms with Crippen LogP contribution in [0.1, 0.15) is 26.5 Å². The van der Waals surface area contributed by atoms with E-state index in [1.807, 2.05) is 6.07 Å². The van der Waals surface area contributed by atoms with E-state index in [1.54, 1.807) is 37.3 Å². The van der Waals surface area contributed by atoms with Gasteiger partial charge in [-0.2, -0.15) is 0 Å². The molecule has 0 saturated carbocycles. The van der Waals surface area contributed by atoms with E-state index in [9.17, 15) is 9.59 Å². The first-order valence-electron chi connectivity index (χ1n) is 7.18. The monoisotopic (exact) mass is 343 g/mol. The van der Waals surface area contributed by atoms with Crippen LogP contribution in [0.15, 0.2) is 46.9 Å². The summed E-state index contributed by atoms with van der Waals surface area (Å²) in [6, 6.07) is 11.8. The summed E-state index contributed by atoms with van der Waals surface area (Å²) in [7, 11) is 1.30. The van der Waals surface area contributed by atoms with E-state index >= 15 is 0 Å². The van der Waals surface area contributed by atoms with Gasteiger partial charge in [-0.1, -0.05) is 29.8 Å². The molecule has 0 unspecified atom stereocenters. The van der Waals surface area contributed by atoms with Gasteiger partial charge in [0, 0.05) is 16.6 Å². The second-order valence-corrected chi connectivity index (χ2v) is 5.61. The normalized spacial score (nSPS) is 10.6. The highest BCUT2D eigenvalue weighted by molar-refractivity contribution is 6.35. The summed E-state index contributed by atoms with van der Waals surface area (Å²) in [5.41, 5.74) is 1.99. The largest absolute Gasteiger partial charge is 0.465 e. The lowest BCUT2D eigenvalue weighted by atomic mass is 10.1. The van der Waals surface area contributed by atoms with Gasteiger partial charge in [-0.15, -0.1) is 0 Å². The molecule has 2 aromatic carbocycles. The number of furan rings is 1. The molecule has 0 aliphatic carbocycles. The minimum Gasteiger partial charge on any atom is -0.465 e.